The van der Waals surface area contributed by atoms with Crippen molar-refractivity contribution in [2.45, 2.75) is 70.9 Å². The van der Waals surface area contributed by atoms with Crippen LogP contribution >= 0.6 is 0 Å². The van der Waals surface area contributed by atoms with E-state index in [1.807, 2.05) is 0 Å². The molecule has 0 aromatic heterocycles. The molecular formula is C32H38F7N3O2. The van der Waals surface area contributed by atoms with Crippen LogP contribution in [-0.2, 0) is 28.5 Å². The number of alkyl halides is 6. The third-order valence-corrected chi connectivity index (χ3v) is 8.93. The Morgan fingerprint density at radius 1 is 0.909 bits per heavy atom. The molecule has 0 radical (unpaired) electrons. The number of carbonyl (C=O) groups excluding carboxylic acids is 2. The summed E-state index contributed by atoms with van der Waals surface area (Å²) in [6, 6.07) is 5.86. The van der Waals surface area contributed by atoms with Gasteiger partial charge in [-0.25, -0.2) is 4.39 Å². The minimum Gasteiger partial charge on any atom is -0.342 e. The lowest BCUT2D eigenvalue weighted by Crippen LogP contribution is -2.50. The van der Waals surface area contributed by atoms with Crippen molar-refractivity contribution in [1.29, 1.82) is 0 Å². The SMILES string of the molecule is Cc1cc(F)ccc1[C@@H]1CN(C(=O)C2CCN(C(C)C)CC2)CC[C@H]1C(=O)N(C)Cc1cc(C(F)(F)F)cc(C(F)(F)F)c1. The molecule has 0 aliphatic carbocycles. The lowest BCUT2D eigenvalue weighted by Gasteiger charge is -2.42. The summed E-state index contributed by atoms with van der Waals surface area (Å²) < 4.78 is 94.5. The second kappa shape index (κ2) is 13.1. The van der Waals surface area contributed by atoms with Crippen molar-refractivity contribution < 1.29 is 40.3 Å². The average molecular weight is 630 g/mol. The summed E-state index contributed by atoms with van der Waals surface area (Å²) in [5, 5.41) is 0. The summed E-state index contributed by atoms with van der Waals surface area (Å²) in [7, 11) is 1.34. The van der Waals surface area contributed by atoms with Crippen LogP contribution in [0.15, 0.2) is 36.4 Å². The molecule has 2 saturated heterocycles. The van der Waals surface area contributed by atoms with E-state index in [2.05, 4.69) is 18.7 Å². The van der Waals surface area contributed by atoms with Crippen LogP contribution in [0.3, 0.4) is 0 Å². The van der Waals surface area contributed by atoms with Gasteiger partial charge < -0.3 is 14.7 Å². The highest BCUT2D eigenvalue weighted by molar-refractivity contribution is 5.82. The number of aryl methyl sites for hydroxylation is 1. The van der Waals surface area contributed by atoms with Gasteiger partial charge in [0.25, 0.3) is 0 Å². The molecule has 5 nitrogen and oxygen atoms in total. The van der Waals surface area contributed by atoms with E-state index in [0.29, 0.717) is 29.3 Å². The zero-order chi connectivity index (χ0) is 32.6. The molecule has 0 unspecified atom stereocenters. The molecule has 2 aromatic rings. The molecule has 44 heavy (non-hydrogen) atoms. The van der Waals surface area contributed by atoms with Crippen LogP contribution in [0.5, 0.6) is 0 Å². The Bertz CT molecular complexity index is 1320. The molecule has 12 heteroatoms. The van der Waals surface area contributed by atoms with Crippen molar-refractivity contribution in [3.8, 4) is 0 Å². The van der Waals surface area contributed by atoms with Crippen molar-refractivity contribution in [3.63, 3.8) is 0 Å². The molecule has 0 saturated carbocycles. The van der Waals surface area contributed by atoms with Crippen molar-refractivity contribution in [2.75, 3.05) is 33.2 Å². The van der Waals surface area contributed by atoms with Crippen molar-refractivity contribution in [3.05, 3.63) is 70.0 Å². The molecule has 2 aliphatic rings. The summed E-state index contributed by atoms with van der Waals surface area (Å²) in [6.07, 6.45) is -8.33. The fourth-order valence-electron chi connectivity index (χ4n) is 6.48. The standard InChI is InChI=1S/C32H38F7N3O2/c1-19(2)41-10-7-22(8-11-41)29(43)42-12-9-27(28(18-42)26-6-5-25(33)13-20(26)3)30(44)40(4)17-21-14-23(31(34,35)36)16-24(15-21)32(37,38)39/h5-6,13-16,19,22,27-28H,7-12,17-18H2,1-4H3/t27-,28+/m1/s1. The topological polar surface area (TPSA) is 43.9 Å². The Kier molecular flexibility index (Phi) is 10.0. The minimum absolute atomic E-state index is 0.000991. The maximum atomic E-state index is 14.0. The number of rotatable bonds is 6. The second-order valence-corrected chi connectivity index (χ2v) is 12.3. The van der Waals surface area contributed by atoms with Gasteiger partial charge in [0.1, 0.15) is 5.82 Å². The largest absolute Gasteiger partial charge is 0.416 e. The van der Waals surface area contributed by atoms with Crippen LogP contribution in [0.25, 0.3) is 0 Å². The summed E-state index contributed by atoms with van der Waals surface area (Å²) in [5.41, 5.74) is -1.95. The third-order valence-electron chi connectivity index (χ3n) is 8.93. The molecule has 2 fully saturated rings. The normalized spacial score (nSPS) is 20.7. The maximum absolute atomic E-state index is 14.0. The monoisotopic (exact) mass is 629 g/mol. The van der Waals surface area contributed by atoms with Gasteiger partial charge in [-0.15, -0.1) is 0 Å². The third kappa shape index (κ3) is 7.73. The van der Waals surface area contributed by atoms with Crippen molar-refractivity contribution in [1.82, 2.24) is 14.7 Å². The van der Waals surface area contributed by atoms with Gasteiger partial charge in [0.15, 0.2) is 0 Å². The van der Waals surface area contributed by atoms with E-state index < -0.39 is 53.6 Å². The lowest BCUT2D eigenvalue weighted by atomic mass is 9.77. The first-order valence-electron chi connectivity index (χ1n) is 14.8. The maximum Gasteiger partial charge on any atom is 0.416 e. The fraction of sp³-hybridized carbons (Fsp3) is 0.562. The van der Waals surface area contributed by atoms with Gasteiger partial charge in [-0.2, -0.15) is 26.3 Å². The van der Waals surface area contributed by atoms with Crippen molar-refractivity contribution in [2.24, 2.45) is 11.8 Å². The Morgan fingerprint density at radius 2 is 1.50 bits per heavy atom. The molecule has 2 amide bonds. The zero-order valence-corrected chi connectivity index (χ0v) is 25.2. The summed E-state index contributed by atoms with van der Waals surface area (Å²) in [5.74, 6) is -2.34. The first-order valence-corrected chi connectivity index (χ1v) is 14.8. The number of piperidine rings is 2. The summed E-state index contributed by atoms with van der Waals surface area (Å²) >= 11 is 0. The van der Waals surface area contributed by atoms with Gasteiger partial charge >= 0.3 is 12.4 Å². The summed E-state index contributed by atoms with van der Waals surface area (Å²) in [6.45, 7) is 7.53. The van der Waals surface area contributed by atoms with E-state index in [-0.39, 0.29) is 43.0 Å². The Balaban J connectivity index is 1.57. The number of benzene rings is 2. The van der Waals surface area contributed by atoms with Crippen molar-refractivity contribution >= 4 is 11.8 Å². The fourth-order valence-corrected chi connectivity index (χ4v) is 6.48. The molecule has 0 spiro atoms. The average Bonchev–Trinajstić information content (AvgIpc) is 2.95. The van der Waals surface area contributed by atoms with E-state index in [4.69, 9.17) is 0 Å². The molecule has 4 rings (SSSR count). The molecule has 2 aromatic carbocycles. The lowest BCUT2D eigenvalue weighted by molar-refractivity contribution is -0.144. The van der Waals surface area contributed by atoms with Crippen LogP contribution in [0, 0.1) is 24.6 Å². The van der Waals surface area contributed by atoms with Crippen LogP contribution in [0.1, 0.15) is 66.8 Å². The number of hydrogen-bond donors (Lipinski definition) is 0. The van der Waals surface area contributed by atoms with Crippen LogP contribution < -0.4 is 0 Å². The molecule has 0 N–H and O–H groups in total. The van der Waals surface area contributed by atoms with E-state index in [9.17, 15) is 40.3 Å². The highest BCUT2D eigenvalue weighted by atomic mass is 19.4. The molecule has 242 valence electrons. The number of likely N-dealkylation sites (tertiary alicyclic amines) is 2. The first kappa shape index (κ1) is 33.7. The quantitative estimate of drug-likeness (QED) is 0.328. The van der Waals surface area contributed by atoms with Crippen LogP contribution in [0.2, 0.25) is 0 Å². The number of hydrogen-bond acceptors (Lipinski definition) is 3. The minimum atomic E-state index is -5.01. The highest BCUT2D eigenvalue weighted by Crippen LogP contribution is 2.39. The van der Waals surface area contributed by atoms with Crippen LogP contribution in [0.4, 0.5) is 30.7 Å². The number of nitrogens with zero attached hydrogens (tertiary/aromatic N) is 3. The Morgan fingerprint density at radius 3 is 2.02 bits per heavy atom. The van der Waals surface area contributed by atoms with Gasteiger partial charge in [-0.1, -0.05) is 6.07 Å². The molecular weight excluding hydrogens is 591 g/mol. The van der Waals surface area contributed by atoms with Gasteiger partial charge in [-0.05, 0) is 100 Å². The van der Waals surface area contributed by atoms with Gasteiger partial charge in [0.05, 0.1) is 11.1 Å². The number of carbonyl (C=O) groups is 2. The predicted molar refractivity (Wildman–Crippen MR) is 151 cm³/mol. The highest BCUT2D eigenvalue weighted by Gasteiger charge is 2.41. The zero-order valence-electron chi connectivity index (χ0n) is 25.2. The molecule has 2 atom stereocenters. The van der Waals surface area contributed by atoms with Gasteiger partial charge in [-0.3, -0.25) is 9.59 Å². The smallest absolute Gasteiger partial charge is 0.342 e. The second-order valence-electron chi connectivity index (χ2n) is 12.3. The molecule has 2 heterocycles. The van der Waals surface area contributed by atoms with Crippen LogP contribution in [-0.4, -0.2) is 65.8 Å². The Labute approximate surface area is 253 Å². The predicted octanol–water partition coefficient (Wildman–Crippen LogP) is 6.88. The molecule has 2 aliphatic heterocycles. The first-order chi connectivity index (χ1) is 20.5. The molecule has 0 bridgehead atoms. The van der Waals surface area contributed by atoms with E-state index in [1.165, 1.54) is 19.2 Å². The van der Waals surface area contributed by atoms with E-state index in [0.717, 1.165) is 30.8 Å². The van der Waals surface area contributed by atoms with E-state index >= 15 is 0 Å². The van der Waals surface area contributed by atoms with Gasteiger partial charge in [0, 0.05) is 50.5 Å². The number of amides is 2. The Hall–Kier alpha value is -3.15. The summed E-state index contributed by atoms with van der Waals surface area (Å²) in [4.78, 5) is 32.6. The van der Waals surface area contributed by atoms with Gasteiger partial charge in [0.2, 0.25) is 11.8 Å². The van der Waals surface area contributed by atoms with E-state index in [1.54, 1.807) is 17.9 Å². The number of halogens is 7.